The second kappa shape index (κ2) is 10.3. The van der Waals surface area contributed by atoms with E-state index in [0.717, 1.165) is 43.1 Å². The lowest BCUT2D eigenvalue weighted by molar-refractivity contribution is -0.117. The number of para-hydroxylation sites is 1. The van der Waals surface area contributed by atoms with E-state index in [1.807, 2.05) is 31.3 Å². The van der Waals surface area contributed by atoms with Crippen LogP contribution in [0.15, 0.2) is 65.2 Å². The van der Waals surface area contributed by atoms with Crippen LogP contribution in [0.4, 0.5) is 11.4 Å². The number of amides is 1. The van der Waals surface area contributed by atoms with Crippen molar-refractivity contribution in [3.05, 3.63) is 72.1 Å². The largest absolute Gasteiger partial charge is 0.508 e. The van der Waals surface area contributed by atoms with Crippen molar-refractivity contribution in [2.75, 3.05) is 30.4 Å². The molecule has 2 aromatic carbocycles. The molecular formula is C25H30N4O3. The lowest BCUT2D eigenvalue weighted by Crippen LogP contribution is -2.39. The van der Waals surface area contributed by atoms with E-state index >= 15 is 0 Å². The van der Waals surface area contributed by atoms with Crippen molar-refractivity contribution in [3.63, 3.8) is 0 Å². The molecule has 1 aliphatic heterocycles. The van der Waals surface area contributed by atoms with Gasteiger partial charge in [-0.05, 0) is 62.0 Å². The van der Waals surface area contributed by atoms with E-state index in [1.54, 1.807) is 24.3 Å². The summed E-state index contributed by atoms with van der Waals surface area (Å²) in [4.78, 5) is 14.7. The number of anilines is 2. The van der Waals surface area contributed by atoms with Crippen LogP contribution in [0, 0.1) is 11.8 Å². The number of hydrogen-bond acceptors (Lipinski definition) is 6. The van der Waals surface area contributed by atoms with Gasteiger partial charge in [-0.1, -0.05) is 29.4 Å². The zero-order valence-corrected chi connectivity index (χ0v) is 18.3. The van der Waals surface area contributed by atoms with Gasteiger partial charge in [-0.2, -0.15) is 0 Å². The van der Waals surface area contributed by atoms with Gasteiger partial charge in [0.05, 0.1) is 12.2 Å². The first-order valence-corrected chi connectivity index (χ1v) is 11.1. The molecule has 1 fully saturated rings. The van der Waals surface area contributed by atoms with Crippen molar-refractivity contribution in [3.8, 4) is 5.75 Å². The van der Waals surface area contributed by atoms with Gasteiger partial charge in [-0.15, -0.1) is 0 Å². The Balaban J connectivity index is 1.33. The monoisotopic (exact) mass is 434 g/mol. The minimum atomic E-state index is -0.0298. The molecule has 2 heterocycles. The molecule has 0 spiro atoms. The number of hydrogen-bond donors (Lipinski definition) is 3. The Bertz CT molecular complexity index is 1020. The third-order valence-corrected chi connectivity index (χ3v) is 6.01. The fourth-order valence-electron chi connectivity index (χ4n) is 4.32. The van der Waals surface area contributed by atoms with Crippen molar-refractivity contribution < 1.29 is 14.4 Å². The molecule has 3 N–H and O–H groups in total. The first kappa shape index (κ1) is 21.9. The van der Waals surface area contributed by atoms with E-state index in [-0.39, 0.29) is 17.6 Å². The third-order valence-electron chi connectivity index (χ3n) is 6.01. The standard InChI is InChI=1S/C25H30N4O3/c1-29(22-7-3-2-4-8-22)17-24-15-21(28-32-24)12-19-16-26-11-10-18(19)13-25(31)27-20-6-5-9-23(30)14-20/h2-9,14-15,18-19,26,30H,10-13,16-17H2,1H3,(H,27,31). The van der Waals surface area contributed by atoms with E-state index in [9.17, 15) is 9.90 Å². The summed E-state index contributed by atoms with van der Waals surface area (Å²) in [5, 5.41) is 20.2. The molecule has 2 atom stereocenters. The summed E-state index contributed by atoms with van der Waals surface area (Å²) in [5.41, 5.74) is 2.66. The van der Waals surface area contributed by atoms with Crippen LogP contribution in [0.25, 0.3) is 0 Å². The maximum Gasteiger partial charge on any atom is 0.224 e. The summed E-state index contributed by atoms with van der Waals surface area (Å²) in [7, 11) is 2.03. The van der Waals surface area contributed by atoms with Gasteiger partial charge in [0, 0.05) is 37.0 Å². The highest BCUT2D eigenvalue weighted by Crippen LogP contribution is 2.27. The predicted octanol–water partition coefficient (Wildman–Crippen LogP) is 3.81. The fraction of sp³-hybridized carbons (Fsp3) is 0.360. The number of aromatic hydroxyl groups is 1. The molecule has 1 aromatic heterocycles. The second-order valence-corrected chi connectivity index (χ2v) is 8.50. The van der Waals surface area contributed by atoms with Gasteiger partial charge in [-0.3, -0.25) is 4.79 Å². The van der Waals surface area contributed by atoms with Gasteiger partial charge in [0.2, 0.25) is 5.91 Å². The topological polar surface area (TPSA) is 90.6 Å². The van der Waals surface area contributed by atoms with Gasteiger partial charge in [0.15, 0.2) is 5.76 Å². The zero-order valence-electron chi connectivity index (χ0n) is 18.3. The number of phenolic OH excluding ortho intramolecular Hbond substituents is 1. The number of carbonyl (C=O) groups excluding carboxylic acids is 1. The highest BCUT2D eigenvalue weighted by atomic mass is 16.5. The molecule has 0 bridgehead atoms. The van der Waals surface area contributed by atoms with E-state index in [1.165, 1.54) is 0 Å². The van der Waals surface area contributed by atoms with Crippen molar-refractivity contribution in [2.45, 2.75) is 25.8 Å². The Hall–Kier alpha value is -3.32. The molecule has 4 rings (SSSR count). The molecule has 1 saturated heterocycles. The molecule has 32 heavy (non-hydrogen) atoms. The van der Waals surface area contributed by atoms with Gasteiger partial charge in [-0.25, -0.2) is 0 Å². The molecule has 7 nitrogen and oxygen atoms in total. The number of aromatic nitrogens is 1. The van der Waals surface area contributed by atoms with Crippen molar-refractivity contribution in [1.82, 2.24) is 10.5 Å². The van der Waals surface area contributed by atoms with Crippen LogP contribution in [-0.4, -0.2) is 36.3 Å². The Morgan fingerprint density at radius 3 is 2.84 bits per heavy atom. The van der Waals surface area contributed by atoms with Crippen LogP contribution in [0.1, 0.15) is 24.3 Å². The number of rotatable bonds is 8. The van der Waals surface area contributed by atoms with Gasteiger partial charge in [0.1, 0.15) is 5.75 Å². The lowest BCUT2D eigenvalue weighted by Gasteiger charge is -2.31. The zero-order chi connectivity index (χ0) is 22.3. The summed E-state index contributed by atoms with van der Waals surface area (Å²) < 4.78 is 5.59. The van der Waals surface area contributed by atoms with E-state index in [4.69, 9.17) is 4.52 Å². The molecule has 1 amide bonds. The summed E-state index contributed by atoms with van der Waals surface area (Å²) in [6, 6.07) is 18.8. The summed E-state index contributed by atoms with van der Waals surface area (Å²) in [6.45, 7) is 2.42. The van der Waals surface area contributed by atoms with Crippen molar-refractivity contribution in [1.29, 1.82) is 0 Å². The smallest absolute Gasteiger partial charge is 0.224 e. The number of nitrogens with one attached hydrogen (secondary N) is 2. The minimum Gasteiger partial charge on any atom is -0.508 e. The summed E-state index contributed by atoms with van der Waals surface area (Å²) in [6.07, 6.45) is 2.17. The summed E-state index contributed by atoms with van der Waals surface area (Å²) >= 11 is 0. The van der Waals surface area contributed by atoms with Crippen LogP contribution in [0.5, 0.6) is 5.75 Å². The second-order valence-electron chi connectivity index (χ2n) is 8.50. The van der Waals surface area contributed by atoms with Crippen molar-refractivity contribution in [2.24, 2.45) is 11.8 Å². The quantitative estimate of drug-likeness (QED) is 0.499. The SMILES string of the molecule is CN(Cc1cc(CC2CNCCC2CC(=O)Nc2cccc(O)c2)no1)c1ccccc1. The van der Waals surface area contributed by atoms with E-state index in [2.05, 4.69) is 32.8 Å². The average molecular weight is 435 g/mol. The number of piperidine rings is 1. The van der Waals surface area contributed by atoms with Gasteiger partial charge in [0.25, 0.3) is 0 Å². The number of phenols is 1. The van der Waals surface area contributed by atoms with E-state index in [0.29, 0.717) is 24.6 Å². The Kier molecular flexibility index (Phi) is 7.07. The highest BCUT2D eigenvalue weighted by molar-refractivity contribution is 5.91. The Labute approximate surface area is 188 Å². The predicted molar refractivity (Wildman–Crippen MR) is 125 cm³/mol. The fourth-order valence-corrected chi connectivity index (χ4v) is 4.32. The number of benzene rings is 2. The Morgan fingerprint density at radius 1 is 1.19 bits per heavy atom. The minimum absolute atomic E-state index is 0.0298. The number of carbonyl (C=O) groups is 1. The van der Waals surface area contributed by atoms with Crippen molar-refractivity contribution >= 4 is 17.3 Å². The van der Waals surface area contributed by atoms with Crippen LogP contribution < -0.4 is 15.5 Å². The first-order chi connectivity index (χ1) is 15.6. The van der Waals surface area contributed by atoms with Crippen LogP contribution >= 0.6 is 0 Å². The van der Waals surface area contributed by atoms with Crippen LogP contribution in [0.2, 0.25) is 0 Å². The number of nitrogens with zero attached hydrogens (tertiary/aromatic N) is 2. The molecule has 3 aromatic rings. The molecule has 0 aliphatic carbocycles. The maximum absolute atomic E-state index is 12.6. The molecule has 2 unspecified atom stereocenters. The maximum atomic E-state index is 12.6. The lowest BCUT2D eigenvalue weighted by atomic mass is 9.81. The van der Waals surface area contributed by atoms with Gasteiger partial charge < -0.3 is 25.2 Å². The van der Waals surface area contributed by atoms with Crippen LogP contribution in [0.3, 0.4) is 0 Å². The summed E-state index contributed by atoms with van der Waals surface area (Å²) in [5.74, 6) is 1.51. The third kappa shape index (κ3) is 5.88. The molecular weight excluding hydrogens is 404 g/mol. The molecule has 1 aliphatic rings. The normalized spacial score (nSPS) is 18.3. The van der Waals surface area contributed by atoms with E-state index < -0.39 is 0 Å². The highest BCUT2D eigenvalue weighted by Gasteiger charge is 2.28. The average Bonchev–Trinajstić information content (AvgIpc) is 3.22. The van der Waals surface area contributed by atoms with Gasteiger partial charge >= 0.3 is 0 Å². The van der Waals surface area contributed by atoms with Crippen LogP contribution in [-0.2, 0) is 17.8 Å². The molecule has 0 radical (unpaired) electrons. The first-order valence-electron chi connectivity index (χ1n) is 11.1. The molecule has 0 saturated carbocycles. The molecule has 168 valence electrons. The Morgan fingerprint density at radius 2 is 2.03 bits per heavy atom. The molecule has 7 heteroatoms.